The zero-order valence-corrected chi connectivity index (χ0v) is 14.6. The third-order valence-electron chi connectivity index (χ3n) is 4.67. The molecule has 1 N–H and O–H groups in total. The van der Waals surface area contributed by atoms with Gasteiger partial charge in [-0.2, -0.15) is 0 Å². The number of rotatable bonds is 3. The van der Waals surface area contributed by atoms with Crippen LogP contribution in [0.1, 0.15) is 23.0 Å². The van der Waals surface area contributed by atoms with Gasteiger partial charge in [0.2, 0.25) is 0 Å². The molecule has 1 aliphatic rings. The van der Waals surface area contributed by atoms with Gasteiger partial charge in [-0.1, -0.05) is 24.3 Å². The normalized spacial score (nSPS) is 15.5. The Morgan fingerprint density at radius 2 is 1.81 bits per heavy atom. The Kier molecular flexibility index (Phi) is 4.32. The number of carbonyl (C=O) groups is 1. The fourth-order valence-corrected chi connectivity index (χ4v) is 3.42. The molecule has 2 aromatic carbocycles. The molecular weight excluding hydrogens is 348 g/mol. The number of nitrogens with zero attached hydrogens (tertiary/aromatic N) is 2. The fourth-order valence-electron chi connectivity index (χ4n) is 3.42. The van der Waals surface area contributed by atoms with Crippen molar-refractivity contribution in [2.45, 2.75) is 19.4 Å². The lowest BCUT2D eigenvalue weighted by atomic mass is 10.1. The molecule has 3 aromatic rings. The number of nitrogens with one attached hydrogen (secondary N) is 1. The molecule has 136 valence electrons. The molecule has 4 rings (SSSR count). The van der Waals surface area contributed by atoms with E-state index in [2.05, 4.69) is 34.3 Å². The Morgan fingerprint density at radius 1 is 1.07 bits per heavy atom. The fraction of sp³-hybridized carbons (Fsp3) is 0.143. The highest BCUT2D eigenvalue weighted by molar-refractivity contribution is 6.03. The number of hydrogen-bond donors (Lipinski definition) is 1. The third-order valence-corrected chi connectivity index (χ3v) is 4.67. The molecule has 0 fully saturated rings. The topological polar surface area (TPSA) is 45.2 Å². The second kappa shape index (κ2) is 6.79. The average Bonchev–Trinajstić information content (AvgIpc) is 3.00. The van der Waals surface area contributed by atoms with Crippen molar-refractivity contribution >= 4 is 23.0 Å². The van der Waals surface area contributed by atoms with Gasteiger partial charge in [0.15, 0.2) is 0 Å². The van der Waals surface area contributed by atoms with E-state index in [-0.39, 0.29) is 11.7 Å². The number of hydrogen-bond acceptors (Lipinski definition) is 3. The summed E-state index contributed by atoms with van der Waals surface area (Å²) in [7, 11) is 0. The highest BCUT2D eigenvalue weighted by Gasteiger charge is 2.27. The van der Waals surface area contributed by atoms with Gasteiger partial charge in [0.25, 0.3) is 5.91 Å². The molecule has 0 bridgehead atoms. The van der Waals surface area contributed by atoms with E-state index in [1.807, 2.05) is 12.1 Å². The van der Waals surface area contributed by atoms with Gasteiger partial charge in [0, 0.05) is 11.7 Å². The van der Waals surface area contributed by atoms with Crippen LogP contribution in [-0.4, -0.2) is 16.9 Å². The van der Waals surface area contributed by atoms with E-state index in [9.17, 15) is 13.6 Å². The van der Waals surface area contributed by atoms with Gasteiger partial charge in [0.05, 0.1) is 11.9 Å². The van der Waals surface area contributed by atoms with E-state index >= 15 is 0 Å². The van der Waals surface area contributed by atoms with Gasteiger partial charge in [-0.15, -0.1) is 0 Å². The van der Waals surface area contributed by atoms with Gasteiger partial charge >= 0.3 is 0 Å². The molecule has 0 saturated carbocycles. The molecule has 1 amide bonds. The van der Waals surface area contributed by atoms with E-state index in [1.54, 1.807) is 18.3 Å². The smallest absolute Gasteiger partial charge is 0.274 e. The van der Waals surface area contributed by atoms with E-state index < -0.39 is 23.2 Å². The minimum Gasteiger partial charge on any atom is -0.337 e. The van der Waals surface area contributed by atoms with Crippen LogP contribution in [-0.2, 0) is 6.42 Å². The predicted octanol–water partition coefficient (Wildman–Crippen LogP) is 4.69. The van der Waals surface area contributed by atoms with Crippen LogP contribution in [0.15, 0.2) is 60.8 Å². The summed E-state index contributed by atoms with van der Waals surface area (Å²) in [6.45, 7) is 2.13. The van der Waals surface area contributed by atoms with Crippen molar-refractivity contribution in [1.29, 1.82) is 0 Å². The van der Waals surface area contributed by atoms with Crippen molar-refractivity contribution in [2.75, 3.05) is 10.2 Å². The standard InChI is InChI=1S/C21H17F2N3O/c1-13-11-14-5-2-3-8-19(14)26(13)15-9-10-18(24-12-15)21(27)25-20-16(22)6-4-7-17(20)23/h2-10,12-13H,11H2,1H3,(H,25,27). The van der Waals surface area contributed by atoms with Crippen LogP contribution >= 0.6 is 0 Å². The second-order valence-corrected chi connectivity index (χ2v) is 6.50. The summed E-state index contributed by atoms with van der Waals surface area (Å²) >= 11 is 0. The maximum absolute atomic E-state index is 13.7. The minimum absolute atomic E-state index is 0.0848. The number of fused-ring (bicyclic) bond motifs is 1. The van der Waals surface area contributed by atoms with E-state index in [1.165, 1.54) is 11.6 Å². The van der Waals surface area contributed by atoms with Gasteiger partial charge in [-0.3, -0.25) is 4.79 Å². The summed E-state index contributed by atoms with van der Waals surface area (Å²) in [6, 6.07) is 15.2. The molecule has 1 unspecified atom stereocenters. The van der Waals surface area contributed by atoms with Crippen LogP contribution in [0.25, 0.3) is 0 Å². The van der Waals surface area contributed by atoms with Crippen LogP contribution in [0.4, 0.5) is 25.8 Å². The summed E-state index contributed by atoms with van der Waals surface area (Å²) in [6.07, 6.45) is 2.54. The van der Waals surface area contributed by atoms with Crippen LogP contribution in [0.2, 0.25) is 0 Å². The lowest BCUT2D eigenvalue weighted by Crippen LogP contribution is -2.24. The van der Waals surface area contributed by atoms with Crippen LogP contribution in [0.3, 0.4) is 0 Å². The first kappa shape index (κ1) is 17.1. The third kappa shape index (κ3) is 3.14. The molecule has 6 heteroatoms. The maximum atomic E-state index is 13.7. The number of aromatic nitrogens is 1. The van der Waals surface area contributed by atoms with Gasteiger partial charge in [0.1, 0.15) is 23.0 Å². The molecule has 2 heterocycles. The minimum atomic E-state index is -0.831. The first-order valence-corrected chi connectivity index (χ1v) is 8.63. The van der Waals surface area contributed by atoms with Crippen molar-refractivity contribution in [2.24, 2.45) is 0 Å². The van der Waals surface area contributed by atoms with Crippen molar-refractivity contribution in [3.8, 4) is 0 Å². The number of halogens is 2. The lowest BCUT2D eigenvalue weighted by molar-refractivity contribution is 0.102. The van der Waals surface area contributed by atoms with E-state index in [0.717, 1.165) is 29.9 Å². The average molecular weight is 365 g/mol. The molecular formula is C21H17F2N3O. The SMILES string of the molecule is CC1Cc2ccccc2N1c1ccc(C(=O)Nc2c(F)cccc2F)nc1. The van der Waals surface area contributed by atoms with Gasteiger partial charge in [-0.25, -0.2) is 13.8 Å². The Bertz CT molecular complexity index is 984. The summed E-state index contributed by atoms with van der Waals surface area (Å²) in [5.41, 5.74) is 2.86. The second-order valence-electron chi connectivity index (χ2n) is 6.50. The highest BCUT2D eigenvalue weighted by atomic mass is 19.1. The number of para-hydroxylation sites is 2. The molecule has 0 spiro atoms. The maximum Gasteiger partial charge on any atom is 0.274 e. The quantitative estimate of drug-likeness (QED) is 0.732. The molecule has 0 saturated heterocycles. The van der Waals surface area contributed by atoms with Crippen LogP contribution in [0.5, 0.6) is 0 Å². The number of anilines is 3. The molecule has 1 aromatic heterocycles. The molecule has 4 nitrogen and oxygen atoms in total. The van der Waals surface area contributed by atoms with Crippen molar-refractivity contribution in [3.63, 3.8) is 0 Å². The molecule has 0 aliphatic carbocycles. The largest absolute Gasteiger partial charge is 0.337 e. The van der Waals surface area contributed by atoms with Crippen molar-refractivity contribution in [3.05, 3.63) is 83.7 Å². The molecule has 1 aliphatic heterocycles. The summed E-state index contributed by atoms with van der Waals surface area (Å²) in [5.74, 6) is -2.33. The number of pyridine rings is 1. The Hall–Kier alpha value is -3.28. The molecule has 27 heavy (non-hydrogen) atoms. The predicted molar refractivity (Wildman–Crippen MR) is 100 cm³/mol. The first-order valence-electron chi connectivity index (χ1n) is 8.63. The Balaban J connectivity index is 1.57. The first-order chi connectivity index (χ1) is 13.0. The number of amides is 1. The van der Waals surface area contributed by atoms with Crippen LogP contribution in [0, 0.1) is 11.6 Å². The molecule has 1 atom stereocenters. The number of carbonyl (C=O) groups excluding carboxylic acids is 1. The molecule has 0 radical (unpaired) electrons. The zero-order valence-electron chi connectivity index (χ0n) is 14.6. The monoisotopic (exact) mass is 365 g/mol. The van der Waals surface area contributed by atoms with Crippen molar-refractivity contribution < 1.29 is 13.6 Å². The van der Waals surface area contributed by atoms with E-state index in [4.69, 9.17) is 0 Å². The highest BCUT2D eigenvalue weighted by Crippen LogP contribution is 2.37. The Labute approximate surface area is 155 Å². The van der Waals surface area contributed by atoms with E-state index in [0.29, 0.717) is 0 Å². The van der Waals surface area contributed by atoms with Gasteiger partial charge < -0.3 is 10.2 Å². The number of benzene rings is 2. The van der Waals surface area contributed by atoms with Crippen molar-refractivity contribution in [1.82, 2.24) is 4.98 Å². The van der Waals surface area contributed by atoms with Crippen LogP contribution < -0.4 is 10.2 Å². The lowest BCUT2D eigenvalue weighted by Gasteiger charge is -2.24. The summed E-state index contributed by atoms with van der Waals surface area (Å²) in [4.78, 5) is 18.6. The Morgan fingerprint density at radius 3 is 2.52 bits per heavy atom. The summed E-state index contributed by atoms with van der Waals surface area (Å²) in [5, 5.41) is 2.24. The van der Waals surface area contributed by atoms with Gasteiger partial charge in [-0.05, 0) is 49.2 Å². The zero-order chi connectivity index (χ0) is 19.0. The summed E-state index contributed by atoms with van der Waals surface area (Å²) < 4.78 is 27.4.